The van der Waals surface area contributed by atoms with Crippen LogP contribution in [0.3, 0.4) is 0 Å². The number of aromatic nitrogens is 2. The first-order chi connectivity index (χ1) is 10.1. The van der Waals surface area contributed by atoms with E-state index in [1.807, 2.05) is 16.0 Å². The lowest BCUT2D eigenvalue weighted by atomic mass is 10.3. The summed E-state index contributed by atoms with van der Waals surface area (Å²) in [6, 6.07) is 4.38. The minimum Gasteiger partial charge on any atom is -0.428 e. The van der Waals surface area contributed by atoms with E-state index in [-0.39, 0.29) is 16.5 Å². The Labute approximate surface area is 136 Å². The number of ether oxygens (including phenoxy) is 1. The van der Waals surface area contributed by atoms with Crippen molar-refractivity contribution in [1.29, 1.82) is 0 Å². The molecule has 0 atom stereocenters. The normalized spacial score (nSPS) is 11.0. The van der Waals surface area contributed by atoms with Crippen LogP contribution in [0.15, 0.2) is 29.8 Å². The number of rotatable bonds is 4. The summed E-state index contributed by atoms with van der Waals surface area (Å²) in [6.45, 7) is 0. The molecule has 0 bridgehead atoms. The molecule has 0 N–H and O–H groups in total. The smallest absolute Gasteiger partial charge is 0.313 e. The van der Waals surface area contributed by atoms with Crippen molar-refractivity contribution in [1.82, 2.24) is 9.38 Å². The van der Waals surface area contributed by atoms with Gasteiger partial charge in [-0.25, -0.2) is 0 Å². The number of halogens is 2. The molecule has 0 saturated carbocycles. The zero-order chi connectivity index (χ0) is 15.0. The number of nitro benzene ring substituents is 1. The summed E-state index contributed by atoms with van der Waals surface area (Å²) in [4.78, 5) is 15.6. The maximum Gasteiger partial charge on any atom is 0.313 e. The van der Waals surface area contributed by atoms with Gasteiger partial charge in [0.2, 0.25) is 11.6 Å². The van der Waals surface area contributed by atoms with Gasteiger partial charge in [-0.2, -0.15) is 4.98 Å². The third-order valence-electron chi connectivity index (χ3n) is 2.79. The number of benzene rings is 1. The molecule has 2 aromatic heterocycles. The number of thiazole rings is 1. The summed E-state index contributed by atoms with van der Waals surface area (Å²) in [6.07, 6.45) is 1.86. The van der Waals surface area contributed by atoms with Gasteiger partial charge in [0.1, 0.15) is 0 Å². The molecule has 0 fully saturated rings. The monoisotopic (exact) mass is 387 g/mol. The number of hydrogen-bond donors (Lipinski definition) is 0. The molecule has 9 heteroatoms. The SMILES string of the molecule is O=[N+]([O-])c1cccc(Cl)c1Oc1nc2sccn2c1CBr. The second-order valence-electron chi connectivity index (χ2n) is 4.00. The first kappa shape index (κ1) is 14.3. The van der Waals surface area contributed by atoms with Crippen molar-refractivity contribution in [3.8, 4) is 11.6 Å². The van der Waals surface area contributed by atoms with Gasteiger partial charge in [-0.05, 0) is 6.07 Å². The molecule has 0 amide bonds. The second kappa shape index (κ2) is 5.63. The van der Waals surface area contributed by atoms with E-state index in [9.17, 15) is 10.1 Å². The highest BCUT2D eigenvalue weighted by atomic mass is 79.9. The van der Waals surface area contributed by atoms with E-state index >= 15 is 0 Å². The van der Waals surface area contributed by atoms with E-state index < -0.39 is 4.92 Å². The fourth-order valence-electron chi connectivity index (χ4n) is 1.85. The number of para-hydroxylation sites is 1. The summed E-state index contributed by atoms with van der Waals surface area (Å²) < 4.78 is 7.50. The number of hydrogen-bond acceptors (Lipinski definition) is 5. The number of fused-ring (bicyclic) bond motifs is 1. The lowest BCUT2D eigenvalue weighted by Gasteiger charge is -2.06. The van der Waals surface area contributed by atoms with Crippen LogP contribution in [0.1, 0.15) is 5.69 Å². The number of imidazole rings is 1. The van der Waals surface area contributed by atoms with Gasteiger partial charge in [0.15, 0.2) is 4.96 Å². The van der Waals surface area contributed by atoms with E-state index in [0.29, 0.717) is 11.2 Å². The summed E-state index contributed by atoms with van der Waals surface area (Å²) in [5, 5.41) is 13.6. The molecule has 0 radical (unpaired) electrons. The molecule has 6 nitrogen and oxygen atoms in total. The highest BCUT2D eigenvalue weighted by Gasteiger charge is 2.22. The molecule has 0 spiro atoms. The zero-order valence-corrected chi connectivity index (χ0v) is 13.5. The molecule has 2 heterocycles. The highest BCUT2D eigenvalue weighted by molar-refractivity contribution is 9.08. The van der Waals surface area contributed by atoms with Crippen LogP contribution in [0.4, 0.5) is 5.69 Å². The zero-order valence-electron chi connectivity index (χ0n) is 10.3. The van der Waals surface area contributed by atoms with Crippen molar-refractivity contribution in [3.63, 3.8) is 0 Å². The average Bonchev–Trinajstić information content (AvgIpc) is 3.00. The van der Waals surface area contributed by atoms with Crippen LogP contribution in [-0.2, 0) is 5.33 Å². The molecule has 108 valence electrons. The van der Waals surface area contributed by atoms with Crippen molar-refractivity contribution >= 4 is 49.5 Å². The molecule has 0 unspecified atom stereocenters. The minimum atomic E-state index is -0.534. The highest BCUT2D eigenvalue weighted by Crippen LogP contribution is 2.39. The Bertz CT molecular complexity index is 832. The Balaban J connectivity index is 2.10. The largest absolute Gasteiger partial charge is 0.428 e. The number of nitro groups is 1. The van der Waals surface area contributed by atoms with Gasteiger partial charge < -0.3 is 4.74 Å². The molecule has 1 aromatic carbocycles. The topological polar surface area (TPSA) is 69.7 Å². The lowest BCUT2D eigenvalue weighted by molar-refractivity contribution is -0.385. The second-order valence-corrected chi connectivity index (χ2v) is 5.84. The van der Waals surface area contributed by atoms with Crippen molar-refractivity contribution in [3.05, 3.63) is 50.6 Å². The maximum absolute atomic E-state index is 11.1. The average molecular weight is 389 g/mol. The van der Waals surface area contributed by atoms with Gasteiger partial charge in [-0.15, -0.1) is 11.3 Å². The van der Waals surface area contributed by atoms with Crippen molar-refractivity contribution < 1.29 is 9.66 Å². The van der Waals surface area contributed by atoms with Gasteiger partial charge in [-0.1, -0.05) is 33.6 Å². The van der Waals surface area contributed by atoms with E-state index in [4.69, 9.17) is 16.3 Å². The summed E-state index contributed by atoms with van der Waals surface area (Å²) in [5.41, 5.74) is 0.569. The Hall–Kier alpha value is -1.64. The number of nitrogens with zero attached hydrogens (tertiary/aromatic N) is 3. The first-order valence-electron chi connectivity index (χ1n) is 5.73. The predicted molar refractivity (Wildman–Crippen MR) is 83.9 cm³/mol. The molecule has 21 heavy (non-hydrogen) atoms. The Kier molecular flexibility index (Phi) is 3.83. The third-order valence-corrected chi connectivity index (χ3v) is 4.38. The summed E-state index contributed by atoms with van der Waals surface area (Å²) in [7, 11) is 0. The van der Waals surface area contributed by atoms with Gasteiger partial charge >= 0.3 is 5.69 Å². The van der Waals surface area contributed by atoms with Crippen LogP contribution in [-0.4, -0.2) is 14.3 Å². The van der Waals surface area contributed by atoms with E-state index in [0.717, 1.165) is 10.7 Å². The molecule has 0 aliphatic heterocycles. The predicted octanol–water partition coefficient (Wildman–Crippen LogP) is 4.64. The molecule has 0 aliphatic carbocycles. The minimum absolute atomic E-state index is 0.00267. The molecule has 0 aliphatic rings. The maximum atomic E-state index is 11.1. The molecule has 3 rings (SSSR count). The molecular formula is C12H7BrClN3O3S. The van der Waals surface area contributed by atoms with Gasteiger partial charge in [-0.3, -0.25) is 14.5 Å². The van der Waals surface area contributed by atoms with Crippen LogP contribution < -0.4 is 4.74 Å². The van der Waals surface area contributed by atoms with Gasteiger partial charge in [0.05, 0.1) is 15.6 Å². The van der Waals surface area contributed by atoms with Crippen molar-refractivity contribution in [2.45, 2.75) is 5.33 Å². The first-order valence-corrected chi connectivity index (χ1v) is 8.11. The van der Waals surface area contributed by atoms with Crippen LogP contribution in [0.2, 0.25) is 5.02 Å². The van der Waals surface area contributed by atoms with Gasteiger partial charge in [0, 0.05) is 23.0 Å². The van der Waals surface area contributed by atoms with Crippen LogP contribution in [0.5, 0.6) is 11.6 Å². The van der Waals surface area contributed by atoms with E-state index in [2.05, 4.69) is 20.9 Å². The number of alkyl halides is 1. The van der Waals surface area contributed by atoms with E-state index in [1.54, 1.807) is 0 Å². The Morgan fingerprint density at radius 3 is 3.05 bits per heavy atom. The standard InChI is InChI=1S/C12H7BrClN3O3S/c13-6-9-11(15-12-16(9)4-5-21-12)20-10-7(14)2-1-3-8(10)17(18)19/h1-5H,6H2. The van der Waals surface area contributed by atoms with E-state index in [1.165, 1.54) is 29.5 Å². The van der Waals surface area contributed by atoms with Crippen molar-refractivity contribution in [2.75, 3.05) is 0 Å². The third kappa shape index (κ3) is 2.50. The fraction of sp³-hybridized carbons (Fsp3) is 0.0833. The van der Waals surface area contributed by atoms with Gasteiger partial charge in [0.25, 0.3) is 0 Å². The lowest BCUT2D eigenvalue weighted by Crippen LogP contribution is -1.96. The summed E-state index contributed by atoms with van der Waals surface area (Å²) >= 11 is 10.8. The quantitative estimate of drug-likeness (QED) is 0.371. The van der Waals surface area contributed by atoms with Crippen LogP contribution in [0.25, 0.3) is 4.96 Å². The molecular weight excluding hydrogens is 382 g/mol. The summed E-state index contributed by atoms with van der Waals surface area (Å²) in [5.74, 6) is 0.298. The fourth-order valence-corrected chi connectivity index (χ4v) is 3.30. The Morgan fingerprint density at radius 2 is 2.33 bits per heavy atom. The molecule has 0 saturated heterocycles. The Morgan fingerprint density at radius 1 is 1.52 bits per heavy atom. The van der Waals surface area contributed by atoms with Crippen LogP contribution in [0, 0.1) is 10.1 Å². The molecule has 3 aromatic rings. The van der Waals surface area contributed by atoms with Crippen LogP contribution >= 0.6 is 38.9 Å². The van der Waals surface area contributed by atoms with Crippen molar-refractivity contribution in [2.24, 2.45) is 0 Å².